The number of aryl methyl sites for hydroxylation is 1. The van der Waals surface area contributed by atoms with Crippen molar-refractivity contribution in [3.8, 4) is 0 Å². The van der Waals surface area contributed by atoms with Crippen LogP contribution in [0.1, 0.15) is 40.9 Å². The van der Waals surface area contributed by atoms with Gasteiger partial charge in [-0.15, -0.1) is 0 Å². The first-order chi connectivity index (χ1) is 9.69. The summed E-state index contributed by atoms with van der Waals surface area (Å²) in [7, 11) is -1.25. The number of ketones is 1. The molecule has 0 aliphatic carbocycles. The first-order valence-corrected chi connectivity index (χ1v) is 8.04. The molecule has 0 fully saturated rings. The standard InChI is InChI=1S/C17H16O2S/c1-3-11-9-10-15-16(12(11)4-2)17(18)13-7-5-6-8-14(13)20(15)19/h5-10H,3-4H2,1-2H3. The second-order valence-corrected chi connectivity index (χ2v) is 6.29. The summed E-state index contributed by atoms with van der Waals surface area (Å²) in [5.41, 5.74) is 3.49. The monoisotopic (exact) mass is 284 g/mol. The Morgan fingerprint density at radius 2 is 1.70 bits per heavy atom. The fourth-order valence-corrected chi connectivity index (χ4v) is 4.27. The molecule has 3 heteroatoms. The van der Waals surface area contributed by atoms with Crippen LogP contribution in [0.15, 0.2) is 46.2 Å². The number of carbonyl (C=O) groups excluding carboxylic acids is 1. The van der Waals surface area contributed by atoms with Gasteiger partial charge in [-0.3, -0.25) is 4.79 Å². The Hall–Kier alpha value is -1.74. The SMILES string of the molecule is CCc1ccc2c(c1CC)C(=O)c1ccccc1S2=O. The third kappa shape index (κ3) is 1.77. The van der Waals surface area contributed by atoms with Crippen LogP contribution in [0.25, 0.3) is 0 Å². The first-order valence-electron chi connectivity index (χ1n) is 6.89. The minimum Gasteiger partial charge on any atom is -0.289 e. The van der Waals surface area contributed by atoms with E-state index in [2.05, 4.69) is 6.92 Å². The van der Waals surface area contributed by atoms with Gasteiger partial charge in [-0.25, -0.2) is 4.21 Å². The van der Waals surface area contributed by atoms with Crippen molar-refractivity contribution in [3.63, 3.8) is 0 Å². The van der Waals surface area contributed by atoms with Crippen LogP contribution in [-0.4, -0.2) is 9.99 Å². The van der Waals surface area contributed by atoms with Gasteiger partial charge in [0, 0.05) is 11.1 Å². The van der Waals surface area contributed by atoms with Crippen LogP contribution in [0.2, 0.25) is 0 Å². The lowest BCUT2D eigenvalue weighted by atomic mass is 9.91. The molecule has 1 unspecified atom stereocenters. The van der Waals surface area contributed by atoms with Crippen molar-refractivity contribution in [1.29, 1.82) is 0 Å². The molecule has 2 aromatic rings. The summed E-state index contributed by atoms with van der Waals surface area (Å²) < 4.78 is 12.7. The summed E-state index contributed by atoms with van der Waals surface area (Å²) in [6.45, 7) is 4.13. The van der Waals surface area contributed by atoms with E-state index in [9.17, 15) is 9.00 Å². The molecule has 1 aliphatic rings. The second kappa shape index (κ2) is 4.98. The number of fused-ring (bicyclic) bond motifs is 2. The fourth-order valence-electron chi connectivity index (χ4n) is 2.88. The van der Waals surface area contributed by atoms with Crippen molar-refractivity contribution in [3.05, 3.63) is 58.7 Å². The van der Waals surface area contributed by atoms with Crippen LogP contribution in [0.5, 0.6) is 0 Å². The van der Waals surface area contributed by atoms with Crippen LogP contribution in [0.3, 0.4) is 0 Å². The summed E-state index contributed by atoms with van der Waals surface area (Å²) in [6, 6.07) is 11.1. The molecular weight excluding hydrogens is 268 g/mol. The minimum absolute atomic E-state index is 0.0161. The van der Waals surface area contributed by atoms with Crippen molar-refractivity contribution in [2.75, 3.05) is 0 Å². The number of carbonyl (C=O) groups is 1. The molecule has 2 nitrogen and oxygen atoms in total. The molecule has 1 heterocycles. The molecule has 20 heavy (non-hydrogen) atoms. The summed E-state index contributed by atoms with van der Waals surface area (Å²) in [4.78, 5) is 14.1. The van der Waals surface area contributed by atoms with E-state index in [-0.39, 0.29) is 5.78 Å². The van der Waals surface area contributed by atoms with E-state index in [1.807, 2.05) is 31.2 Å². The van der Waals surface area contributed by atoms with Crippen molar-refractivity contribution >= 4 is 16.6 Å². The van der Waals surface area contributed by atoms with E-state index in [0.29, 0.717) is 20.9 Å². The number of hydrogen-bond acceptors (Lipinski definition) is 2. The first kappa shape index (κ1) is 13.3. The molecule has 0 saturated carbocycles. The van der Waals surface area contributed by atoms with E-state index < -0.39 is 10.8 Å². The molecule has 2 aromatic carbocycles. The Bertz CT molecular complexity index is 732. The van der Waals surface area contributed by atoms with Gasteiger partial charge in [0.1, 0.15) is 0 Å². The highest BCUT2D eigenvalue weighted by Crippen LogP contribution is 2.34. The Kier molecular flexibility index (Phi) is 3.30. The smallest absolute Gasteiger partial charge is 0.195 e. The Morgan fingerprint density at radius 1 is 0.950 bits per heavy atom. The second-order valence-electron chi connectivity index (χ2n) is 4.88. The quantitative estimate of drug-likeness (QED) is 0.721. The third-order valence-corrected chi connectivity index (χ3v) is 5.36. The third-order valence-electron chi connectivity index (χ3n) is 3.86. The van der Waals surface area contributed by atoms with Crippen LogP contribution < -0.4 is 0 Å². The highest BCUT2D eigenvalue weighted by atomic mass is 32.2. The average molecular weight is 284 g/mol. The topological polar surface area (TPSA) is 34.1 Å². The van der Waals surface area contributed by atoms with Crippen LogP contribution in [0.4, 0.5) is 0 Å². The fraction of sp³-hybridized carbons (Fsp3) is 0.235. The largest absolute Gasteiger partial charge is 0.289 e. The van der Waals surface area contributed by atoms with Gasteiger partial charge in [-0.05, 0) is 42.2 Å². The van der Waals surface area contributed by atoms with Crippen LogP contribution in [-0.2, 0) is 23.6 Å². The normalized spacial score (nSPS) is 16.7. The van der Waals surface area contributed by atoms with Gasteiger partial charge in [0.25, 0.3) is 0 Å². The van der Waals surface area contributed by atoms with Gasteiger partial charge in [-0.2, -0.15) is 0 Å². The van der Waals surface area contributed by atoms with E-state index >= 15 is 0 Å². The lowest BCUT2D eigenvalue weighted by Crippen LogP contribution is -2.19. The molecule has 1 aliphatic heterocycles. The molecule has 0 spiro atoms. The van der Waals surface area contributed by atoms with E-state index in [1.165, 1.54) is 5.56 Å². The molecule has 3 rings (SSSR count). The Morgan fingerprint density at radius 3 is 2.40 bits per heavy atom. The lowest BCUT2D eigenvalue weighted by Gasteiger charge is -2.22. The number of hydrogen-bond donors (Lipinski definition) is 0. The summed E-state index contributed by atoms with van der Waals surface area (Å²) >= 11 is 0. The zero-order valence-corrected chi connectivity index (χ0v) is 12.4. The molecule has 0 N–H and O–H groups in total. The predicted octanol–water partition coefficient (Wildman–Crippen LogP) is 3.52. The molecular formula is C17H16O2S. The summed E-state index contributed by atoms with van der Waals surface area (Å²) in [5, 5.41) is 0. The van der Waals surface area contributed by atoms with Gasteiger partial charge in [-0.1, -0.05) is 32.0 Å². The van der Waals surface area contributed by atoms with Crippen molar-refractivity contribution in [1.82, 2.24) is 0 Å². The van der Waals surface area contributed by atoms with Crippen LogP contribution >= 0.6 is 0 Å². The highest BCUT2D eigenvalue weighted by molar-refractivity contribution is 7.85. The lowest BCUT2D eigenvalue weighted by molar-refractivity contribution is 0.103. The predicted molar refractivity (Wildman–Crippen MR) is 79.7 cm³/mol. The molecule has 0 saturated heterocycles. The van der Waals surface area contributed by atoms with E-state index in [4.69, 9.17) is 0 Å². The Labute approximate surface area is 121 Å². The molecule has 0 bridgehead atoms. The average Bonchev–Trinajstić information content (AvgIpc) is 2.51. The number of benzene rings is 2. The van der Waals surface area contributed by atoms with Gasteiger partial charge in [0.05, 0.1) is 20.6 Å². The molecule has 0 amide bonds. The highest BCUT2D eigenvalue weighted by Gasteiger charge is 2.30. The summed E-state index contributed by atoms with van der Waals surface area (Å²) in [5.74, 6) is 0.0161. The zero-order chi connectivity index (χ0) is 14.3. The number of rotatable bonds is 2. The van der Waals surface area contributed by atoms with Gasteiger partial charge in [0.15, 0.2) is 5.78 Å². The van der Waals surface area contributed by atoms with E-state index in [0.717, 1.165) is 18.4 Å². The maximum atomic E-state index is 12.8. The van der Waals surface area contributed by atoms with Crippen molar-refractivity contribution in [2.24, 2.45) is 0 Å². The maximum Gasteiger partial charge on any atom is 0.195 e. The minimum atomic E-state index is -1.25. The molecule has 102 valence electrons. The maximum absolute atomic E-state index is 12.8. The van der Waals surface area contributed by atoms with Crippen molar-refractivity contribution < 1.29 is 9.00 Å². The van der Waals surface area contributed by atoms with Gasteiger partial charge < -0.3 is 0 Å². The van der Waals surface area contributed by atoms with Gasteiger partial charge >= 0.3 is 0 Å². The van der Waals surface area contributed by atoms with Crippen molar-refractivity contribution in [2.45, 2.75) is 36.5 Å². The van der Waals surface area contributed by atoms with E-state index in [1.54, 1.807) is 12.1 Å². The molecule has 1 atom stereocenters. The zero-order valence-electron chi connectivity index (χ0n) is 11.6. The molecule has 0 radical (unpaired) electrons. The summed E-state index contributed by atoms with van der Waals surface area (Å²) in [6.07, 6.45) is 1.68. The Balaban J connectivity index is 2.33. The molecule has 0 aromatic heterocycles. The van der Waals surface area contributed by atoms with Crippen LogP contribution in [0, 0.1) is 0 Å². The van der Waals surface area contributed by atoms with Gasteiger partial charge in [0.2, 0.25) is 0 Å².